The average Bonchev–Trinajstić information content (AvgIpc) is 2.47. The monoisotopic (exact) mass is 230 g/mol. The summed E-state index contributed by atoms with van der Waals surface area (Å²) in [6.07, 6.45) is 4.01. The Balaban J connectivity index is 2.61. The zero-order valence-electron chi connectivity index (χ0n) is 9.90. The topological polar surface area (TPSA) is 73.3 Å². The predicted octanol–water partition coefficient (Wildman–Crippen LogP) is 1.95. The number of fused-ring (bicyclic) bond motifs is 1. The van der Waals surface area contributed by atoms with Gasteiger partial charge in [-0.25, -0.2) is 4.99 Å². The molecule has 1 aliphatic rings. The van der Waals surface area contributed by atoms with Gasteiger partial charge in [-0.3, -0.25) is 9.36 Å². The molecule has 0 atom stereocenters. The van der Waals surface area contributed by atoms with Gasteiger partial charge >= 0.3 is 0 Å². The van der Waals surface area contributed by atoms with Crippen LogP contribution in [0, 0.1) is 0 Å². The number of nitrogens with zero attached hydrogens (tertiary/aromatic N) is 3. The zero-order valence-corrected chi connectivity index (χ0v) is 9.90. The number of ketones is 1. The third-order valence-electron chi connectivity index (χ3n) is 2.54. The molecular formula is C12H14N4O. The molecule has 2 rings (SSSR count). The van der Waals surface area contributed by atoms with E-state index in [0.29, 0.717) is 23.9 Å². The molecule has 5 nitrogen and oxygen atoms in total. The zero-order chi connectivity index (χ0) is 12.6. The van der Waals surface area contributed by atoms with Gasteiger partial charge in [0.25, 0.3) is 0 Å². The lowest BCUT2D eigenvalue weighted by Crippen LogP contribution is -2.03. The third-order valence-corrected chi connectivity index (χ3v) is 2.54. The number of hydrogen-bond donors (Lipinski definition) is 1. The summed E-state index contributed by atoms with van der Waals surface area (Å²) in [5.74, 6) is 0.736. The van der Waals surface area contributed by atoms with Gasteiger partial charge in [-0.2, -0.15) is 4.98 Å². The molecular weight excluding hydrogens is 216 g/mol. The molecule has 2 N–H and O–H groups in total. The first kappa shape index (κ1) is 11.3. The molecule has 0 spiro atoms. The van der Waals surface area contributed by atoms with Crippen LogP contribution in [0.3, 0.4) is 0 Å². The molecule has 0 radical (unpaired) electrons. The van der Waals surface area contributed by atoms with Gasteiger partial charge < -0.3 is 5.73 Å². The molecule has 0 bridgehead atoms. The normalized spacial score (nSPS) is 14.5. The van der Waals surface area contributed by atoms with Crippen molar-refractivity contribution >= 4 is 29.0 Å². The minimum atomic E-state index is -0.0400. The Morgan fingerprint density at radius 2 is 2.24 bits per heavy atom. The summed E-state index contributed by atoms with van der Waals surface area (Å²) in [4.78, 5) is 20.0. The number of hydrogen-bond acceptors (Lipinski definition) is 4. The van der Waals surface area contributed by atoms with Crippen LogP contribution < -0.4 is 5.73 Å². The first-order chi connectivity index (χ1) is 7.99. The van der Waals surface area contributed by atoms with E-state index in [1.54, 1.807) is 10.8 Å². The van der Waals surface area contributed by atoms with Crippen molar-refractivity contribution in [2.75, 3.05) is 5.73 Å². The summed E-state index contributed by atoms with van der Waals surface area (Å²) in [7, 11) is 0. The number of anilines is 1. The van der Waals surface area contributed by atoms with Crippen molar-refractivity contribution in [3.05, 3.63) is 24.4 Å². The maximum Gasteiger partial charge on any atom is 0.236 e. The van der Waals surface area contributed by atoms with Crippen molar-refractivity contribution in [2.45, 2.75) is 20.3 Å². The van der Waals surface area contributed by atoms with Crippen LogP contribution in [-0.2, 0) is 4.79 Å². The molecule has 0 saturated heterocycles. The summed E-state index contributed by atoms with van der Waals surface area (Å²) in [6, 6.07) is 0. The molecule has 5 heteroatoms. The largest absolute Gasteiger partial charge is 0.382 e. The van der Waals surface area contributed by atoms with Crippen molar-refractivity contribution in [3.8, 4) is 0 Å². The Bertz CT molecular complexity index is 563. The maximum atomic E-state index is 11.6. The lowest BCUT2D eigenvalue weighted by atomic mass is 10.1. The summed E-state index contributed by atoms with van der Waals surface area (Å²) in [6.45, 7) is 7.25. The van der Waals surface area contributed by atoms with Gasteiger partial charge in [0, 0.05) is 13.3 Å². The van der Waals surface area contributed by atoms with Gasteiger partial charge in [0.2, 0.25) is 5.95 Å². The number of nitrogens with two attached hydrogens (primary N) is 1. The minimum absolute atomic E-state index is 0.0400. The van der Waals surface area contributed by atoms with Gasteiger partial charge in [0.15, 0.2) is 5.78 Å². The van der Waals surface area contributed by atoms with E-state index in [1.807, 2.05) is 13.0 Å². The second-order valence-corrected chi connectivity index (χ2v) is 4.02. The Labute approximate surface area is 99.4 Å². The van der Waals surface area contributed by atoms with Gasteiger partial charge in [0.1, 0.15) is 5.82 Å². The fourth-order valence-corrected chi connectivity index (χ4v) is 1.69. The predicted molar refractivity (Wildman–Crippen MR) is 68.1 cm³/mol. The molecule has 88 valence electrons. The van der Waals surface area contributed by atoms with Crippen LogP contribution in [0.5, 0.6) is 0 Å². The quantitative estimate of drug-likeness (QED) is 0.843. The number of rotatable bonds is 2. The number of Topliss-reactive ketones (excluding diaryl/α,β-unsaturated/α-hetero) is 1. The summed E-state index contributed by atoms with van der Waals surface area (Å²) in [5.41, 5.74) is 7.85. The van der Waals surface area contributed by atoms with Gasteiger partial charge in [-0.15, -0.1) is 0 Å². The first-order valence-electron chi connectivity index (χ1n) is 5.29. The lowest BCUT2D eigenvalue weighted by Gasteiger charge is -2.03. The van der Waals surface area contributed by atoms with Crippen molar-refractivity contribution < 1.29 is 4.79 Å². The third kappa shape index (κ3) is 2.04. The molecule has 0 saturated carbocycles. The van der Waals surface area contributed by atoms with Crippen LogP contribution in [0.15, 0.2) is 29.4 Å². The minimum Gasteiger partial charge on any atom is -0.382 e. The van der Waals surface area contributed by atoms with Crippen LogP contribution in [0.2, 0.25) is 0 Å². The van der Waals surface area contributed by atoms with Crippen LogP contribution in [-0.4, -0.2) is 21.0 Å². The van der Waals surface area contributed by atoms with E-state index in [2.05, 4.69) is 16.6 Å². The van der Waals surface area contributed by atoms with Gasteiger partial charge in [-0.1, -0.05) is 12.7 Å². The molecule has 0 aliphatic carbocycles. The molecule has 1 aromatic heterocycles. The van der Waals surface area contributed by atoms with Crippen LogP contribution in [0.4, 0.5) is 11.8 Å². The summed E-state index contributed by atoms with van der Waals surface area (Å²) >= 11 is 0. The van der Waals surface area contributed by atoms with Crippen molar-refractivity contribution in [1.82, 2.24) is 9.55 Å². The molecule has 1 aromatic rings. The second-order valence-electron chi connectivity index (χ2n) is 4.02. The molecule has 2 heterocycles. The molecule has 0 amide bonds. The SMILES string of the molecule is C=C(C)C1=Nc2nc(N)cn2C(C(C)=O)=CC1. The maximum absolute atomic E-state index is 11.6. The van der Waals surface area contributed by atoms with E-state index < -0.39 is 0 Å². The second kappa shape index (κ2) is 4.01. The number of nitrogen functional groups attached to an aromatic ring is 1. The fraction of sp³-hybridized carbons (Fsp3) is 0.250. The number of carbonyl (C=O) groups excluding carboxylic acids is 1. The highest BCUT2D eigenvalue weighted by Gasteiger charge is 2.17. The molecule has 0 unspecified atom stereocenters. The number of allylic oxidation sites excluding steroid dienone is 3. The first-order valence-corrected chi connectivity index (χ1v) is 5.29. The highest BCUT2D eigenvalue weighted by molar-refractivity contribution is 6.16. The molecule has 0 aromatic carbocycles. The smallest absolute Gasteiger partial charge is 0.236 e. The Kier molecular flexibility index (Phi) is 2.67. The highest BCUT2D eigenvalue weighted by atomic mass is 16.1. The lowest BCUT2D eigenvalue weighted by molar-refractivity contribution is -0.112. The van der Waals surface area contributed by atoms with E-state index >= 15 is 0 Å². The standard InChI is InChI=1S/C12H14N4O/c1-7(2)9-4-5-10(8(3)17)16-6-11(13)15-12(16)14-9/h5-6H,1,4,13H2,2-3H3. The van der Waals surface area contributed by atoms with Crippen molar-refractivity contribution in [1.29, 1.82) is 0 Å². The van der Waals surface area contributed by atoms with Crippen LogP contribution >= 0.6 is 0 Å². The van der Waals surface area contributed by atoms with Gasteiger partial charge in [-0.05, 0) is 12.5 Å². The van der Waals surface area contributed by atoms with E-state index in [1.165, 1.54) is 6.92 Å². The van der Waals surface area contributed by atoms with Crippen LogP contribution in [0.1, 0.15) is 20.3 Å². The van der Waals surface area contributed by atoms with Gasteiger partial charge in [0.05, 0.1) is 17.6 Å². The molecule has 0 fully saturated rings. The molecule has 1 aliphatic heterocycles. The number of imidazole rings is 1. The van der Waals surface area contributed by atoms with E-state index in [-0.39, 0.29) is 5.78 Å². The van der Waals surface area contributed by atoms with E-state index in [4.69, 9.17) is 5.73 Å². The van der Waals surface area contributed by atoms with E-state index in [9.17, 15) is 4.79 Å². The highest BCUT2D eigenvalue weighted by Crippen LogP contribution is 2.25. The Morgan fingerprint density at radius 1 is 1.53 bits per heavy atom. The fourth-order valence-electron chi connectivity index (χ4n) is 1.69. The van der Waals surface area contributed by atoms with Crippen LogP contribution in [0.25, 0.3) is 5.70 Å². The number of aliphatic imine (C=N–C) groups is 1. The number of aromatic nitrogens is 2. The average molecular weight is 230 g/mol. The summed E-state index contributed by atoms with van der Waals surface area (Å²) in [5, 5.41) is 0. The Hall–Kier alpha value is -2.17. The van der Waals surface area contributed by atoms with Crippen molar-refractivity contribution in [3.63, 3.8) is 0 Å². The Morgan fingerprint density at radius 3 is 2.82 bits per heavy atom. The van der Waals surface area contributed by atoms with E-state index in [0.717, 1.165) is 11.3 Å². The van der Waals surface area contributed by atoms with Crippen molar-refractivity contribution in [2.24, 2.45) is 4.99 Å². The number of carbonyl (C=O) groups is 1. The molecule has 17 heavy (non-hydrogen) atoms. The summed E-state index contributed by atoms with van der Waals surface area (Å²) < 4.78 is 1.62.